The molecule has 4 nitrogen and oxygen atoms in total. The number of aryl methyl sites for hydroxylation is 3. The summed E-state index contributed by atoms with van der Waals surface area (Å²) in [6, 6.07) is 12.1. The van der Waals surface area contributed by atoms with Crippen molar-refractivity contribution in [2.24, 2.45) is 0 Å². The van der Waals surface area contributed by atoms with Gasteiger partial charge in [-0.25, -0.2) is 0 Å². The second-order valence-corrected chi connectivity index (χ2v) is 7.34. The molecule has 0 spiro atoms. The first-order chi connectivity index (χ1) is 12.8. The molecule has 0 bridgehead atoms. The minimum atomic E-state index is -0.564. The monoisotopic (exact) mass is 369 g/mol. The minimum Gasteiger partial charge on any atom is -0.492 e. The summed E-state index contributed by atoms with van der Waals surface area (Å²) in [4.78, 5) is 12.3. The molecule has 0 heterocycles. The van der Waals surface area contributed by atoms with Crippen molar-refractivity contribution in [1.82, 2.24) is 5.32 Å². The van der Waals surface area contributed by atoms with Crippen LogP contribution in [0.1, 0.15) is 48.9 Å². The summed E-state index contributed by atoms with van der Waals surface area (Å²) in [5.41, 5.74) is 4.65. The maximum atomic E-state index is 12.3. The third-order valence-electron chi connectivity index (χ3n) is 4.61. The molecule has 0 aliphatic rings. The first-order valence-corrected chi connectivity index (χ1v) is 9.53. The van der Waals surface area contributed by atoms with Crippen molar-refractivity contribution in [3.05, 3.63) is 58.7 Å². The number of rotatable bonds is 8. The van der Waals surface area contributed by atoms with Gasteiger partial charge in [0.05, 0.1) is 6.54 Å². The number of ether oxygens (including phenoxy) is 2. The Kier molecular flexibility index (Phi) is 7.28. The van der Waals surface area contributed by atoms with Gasteiger partial charge >= 0.3 is 0 Å². The Labute approximate surface area is 162 Å². The summed E-state index contributed by atoms with van der Waals surface area (Å²) in [5.74, 6) is 1.79. The lowest BCUT2D eigenvalue weighted by Crippen LogP contribution is -2.38. The van der Waals surface area contributed by atoms with Crippen LogP contribution in [0.5, 0.6) is 11.5 Å². The van der Waals surface area contributed by atoms with Crippen LogP contribution in [0.25, 0.3) is 0 Å². The predicted molar refractivity (Wildman–Crippen MR) is 110 cm³/mol. The molecule has 0 radical (unpaired) electrons. The molecule has 0 saturated heterocycles. The Bertz CT molecular complexity index is 783. The van der Waals surface area contributed by atoms with E-state index in [1.54, 1.807) is 6.92 Å². The quantitative estimate of drug-likeness (QED) is 0.686. The molecule has 1 N–H and O–H groups in total. The fraction of sp³-hybridized carbons (Fsp3) is 0.435. The van der Waals surface area contributed by atoms with Crippen LogP contribution in [0.3, 0.4) is 0 Å². The number of benzene rings is 2. The van der Waals surface area contributed by atoms with E-state index in [0.717, 1.165) is 22.6 Å². The van der Waals surface area contributed by atoms with Gasteiger partial charge in [-0.05, 0) is 74.1 Å². The number of amides is 1. The molecule has 0 unspecified atom stereocenters. The number of carbonyl (C=O) groups is 1. The molecule has 0 aliphatic carbocycles. The van der Waals surface area contributed by atoms with Crippen LogP contribution in [-0.4, -0.2) is 25.2 Å². The molecule has 146 valence electrons. The molecule has 27 heavy (non-hydrogen) atoms. The molecular weight excluding hydrogens is 338 g/mol. The van der Waals surface area contributed by atoms with Crippen molar-refractivity contribution in [2.45, 2.75) is 53.6 Å². The highest BCUT2D eigenvalue weighted by molar-refractivity contribution is 5.80. The second kappa shape index (κ2) is 9.45. The lowest BCUT2D eigenvalue weighted by molar-refractivity contribution is -0.127. The summed E-state index contributed by atoms with van der Waals surface area (Å²) < 4.78 is 11.6. The third kappa shape index (κ3) is 6.02. The van der Waals surface area contributed by atoms with Crippen LogP contribution >= 0.6 is 0 Å². The SMILES string of the molecule is Cc1ccc(C(C)C)c(O[C@H](C)C(=O)NCCOc2ccc(C)c(C)c2)c1. The smallest absolute Gasteiger partial charge is 0.260 e. The summed E-state index contributed by atoms with van der Waals surface area (Å²) >= 11 is 0. The van der Waals surface area contributed by atoms with Crippen molar-refractivity contribution in [3.63, 3.8) is 0 Å². The zero-order chi connectivity index (χ0) is 20.0. The average molecular weight is 370 g/mol. The van der Waals surface area contributed by atoms with E-state index in [2.05, 4.69) is 45.1 Å². The zero-order valence-corrected chi connectivity index (χ0v) is 17.3. The van der Waals surface area contributed by atoms with Crippen molar-refractivity contribution in [1.29, 1.82) is 0 Å². The first-order valence-electron chi connectivity index (χ1n) is 9.53. The van der Waals surface area contributed by atoms with Gasteiger partial charge in [0.1, 0.15) is 18.1 Å². The van der Waals surface area contributed by atoms with E-state index in [4.69, 9.17) is 9.47 Å². The van der Waals surface area contributed by atoms with Crippen molar-refractivity contribution < 1.29 is 14.3 Å². The highest BCUT2D eigenvalue weighted by Gasteiger charge is 2.17. The Hall–Kier alpha value is -2.49. The van der Waals surface area contributed by atoms with Gasteiger partial charge in [-0.3, -0.25) is 4.79 Å². The fourth-order valence-corrected chi connectivity index (χ4v) is 2.76. The van der Waals surface area contributed by atoms with Gasteiger partial charge in [-0.2, -0.15) is 0 Å². The van der Waals surface area contributed by atoms with Crippen LogP contribution in [0.4, 0.5) is 0 Å². The Balaban J connectivity index is 1.83. The zero-order valence-electron chi connectivity index (χ0n) is 17.3. The van der Waals surface area contributed by atoms with E-state index in [-0.39, 0.29) is 5.91 Å². The molecule has 0 aromatic heterocycles. The van der Waals surface area contributed by atoms with Crippen LogP contribution in [-0.2, 0) is 4.79 Å². The highest BCUT2D eigenvalue weighted by atomic mass is 16.5. The fourth-order valence-electron chi connectivity index (χ4n) is 2.76. The van der Waals surface area contributed by atoms with Gasteiger partial charge in [-0.15, -0.1) is 0 Å². The van der Waals surface area contributed by atoms with Gasteiger partial charge in [0, 0.05) is 0 Å². The van der Waals surface area contributed by atoms with Crippen molar-refractivity contribution >= 4 is 5.91 Å². The van der Waals surface area contributed by atoms with E-state index >= 15 is 0 Å². The summed E-state index contributed by atoms with van der Waals surface area (Å²) in [5, 5.41) is 2.87. The molecular formula is C23H31NO3. The maximum absolute atomic E-state index is 12.3. The molecule has 2 aromatic rings. The molecule has 0 aliphatic heterocycles. The van der Waals surface area contributed by atoms with Gasteiger partial charge < -0.3 is 14.8 Å². The van der Waals surface area contributed by atoms with Gasteiger partial charge in [-0.1, -0.05) is 32.0 Å². The molecule has 2 rings (SSSR count). The molecule has 0 saturated carbocycles. The van der Waals surface area contributed by atoms with E-state index in [1.165, 1.54) is 11.1 Å². The lowest BCUT2D eigenvalue weighted by atomic mass is 10.0. The largest absolute Gasteiger partial charge is 0.492 e. The number of nitrogens with one attached hydrogen (secondary N) is 1. The Morgan fingerprint density at radius 2 is 1.74 bits per heavy atom. The summed E-state index contributed by atoms with van der Waals surface area (Å²) in [6.07, 6.45) is -0.564. The van der Waals surface area contributed by atoms with Gasteiger partial charge in [0.2, 0.25) is 0 Å². The van der Waals surface area contributed by atoms with Crippen molar-refractivity contribution in [2.75, 3.05) is 13.2 Å². The number of hydrogen-bond acceptors (Lipinski definition) is 3. The van der Waals surface area contributed by atoms with E-state index in [9.17, 15) is 4.79 Å². The Morgan fingerprint density at radius 3 is 2.41 bits per heavy atom. The van der Waals surface area contributed by atoms with Crippen molar-refractivity contribution in [3.8, 4) is 11.5 Å². The maximum Gasteiger partial charge on any atom is 0.260 e. The summed E-state index contributed by atoms with van der Waals surface area (Å²) in [6.45, 7) is 13.0. The van der Waals surface area contributed by atoms with Gasteiger partial charge in [0.25, 0.3) is 5.91 Å². The first kappa shape index (κ1) is 20.8. The van der Waals surface area contributed by atoms with E-state index in [1.807, 2.05) is 31.2 Å². The molecule has 1 atom stereocenters. The topological polar surface area (TPSA) is 47.6 Å². The van der Waals surface area contributed by atoms with Gasteiger partial charge in [0.15, 0.2) is 6.10 Å². The van der Waals surface area contributed by atoms with E-state index < -0.39 is 6.10 Å². The molecule has 4 heteroatoms. The number of hydrogen-bond donors (Lipinski definition) is 1. The van der Waals surface area contributed by atoms with Crippen LogP contribution in [0, 0.1) is 20.8 Å². The summed E-state index contributed by atoms with van der Waals surface area (Å²) in [7, 11) is 0. The average Bonchev–Trinajstić information content (AvgIpc) is 2.61. The van der Waals surface area contributed by atoms with Crippen LogP contribution in [0.15, 0.2) is 36.4 Å². The minimum absolute atomic E-state index is 0.144. The van der Waals surface area contributed by atoms with E-state index in [0.29, 0.717) is 19.1 Å². The third-order valence-corrected chi connectivity index (χ3v) is 4.61. The second-order valence-electron chi connectivity index (χ2n) is 7.34. The molecule has 2 aromatic carbocycles. The standard InChI is InChI=1S/C23H31NO3/c1-15(2)21-10-7-16(3)13-22(21)27-19(6)23(25)24-11-12-26-20-9-8-17(4)18(5)14-20/h7-10,13-15,19H,11-12H2,1-6H3,(H,24,25)/t19-/m1/s1. The van der Waals surface area contributed by atoms with Crippen LogP contribution in [0.2, 0.25) is 0 Å². The molecule has 1 amide bonds. The highest BCUT2D eigenvalue weighted by Crippen LogP contribution is 2.28. The molecule has 0 fully saturated rings. The lowest BCUT2D eigenvalue weighted by Gasteiger charge is -2.19. The number of carbonyl (C=O) groups excluding carboxylic acids is 1. The Morgan fingerprint density at radius 1 is 1.00 bits per heavy atom. The predicted octanol–water partition coefficient (Wildman–Crippen LogP) is 4.70. The normalized spacial score (nSPS) is 12.0. The van der Waals surface area contributed by atoms with Crippen LogP contribution < -0.4 is 14.8 Å².